The molecule has 0 aromatic carbocycles. The van der Waals surface area contributed by atoms with Gasteiger partial charge in [-0.2, -0.15) is 0 Å². The number of amidine groups is 1. The Labute approximate surface area is 132 Å². The number of fused-ring (bicyclic) bond motifs is 1. The summed E-state index contributed by atoms with van der Waals surface area (Å²) in [6.45, 7) is 6.11. The Hall–Kier alpha value is -2.03. The van der Waals surface area contributed by atoms with E-state index in [4.69, 9.17) is 5.11 Å². The predicted octanol–water partition coefficient (Wildman–Crippen LogP) is 0.318. The van der Waals surface area contributed by atoms with E-state index in [1.807, 2.05) is 6.92 Å². The molecule has 2 aliphatic heterocycles. The van der Waals surface area contributed by atoms with Crippen LogP contribution in [0.2, 0.25) is 0 Å². The number of urea groups is 1. The van der Waals surface area contributed by atoms with E-state index in [2.05, 4.69) is 16.9 Å². The van der Waals surface area contributed by atoms with Crippen molar-refractivity contribution in [2.24, 2.45) is 4.99 Å². The lowest BCUT2D eigenvalue weighted by molar-refractivity contribution is -0.136. The summed E-state index contributed by atoms with van der Waals surface area (Å²) in [5.41, 5.74) is 0.847. The maximum absolute atomic E-state index is 12.1. The van der Waals surface area contributed by atoms with Gasteiger partial charge in [-0.15, -0.1) is 0 Å². The largest absolute Gasteiger partial charge is 0.481 e. The highest BCUT2D eigenvalue weighted by Gasteiger charge is 2.48. The summed E-state index contributed by atoms with van der Waals surface area (Å²) in [5, 5.41) is 11.6. The van der Waals surface area contributed by atoms with Gasteiger partial charge in [0.1, 0.15) is 0 Å². The fourth-order valence-corrected chi connectivity index (χ4v) is 3.29. The number of imide groups is 1. The lowest BCUT2D eigenvalue weighted by atomic mass is 10.1. The molecule has 2 unspecified atom stereocenters. The fourth-order valence-electron chi connectivity index (χ4n) is 2.31. The number of carboxylic acids is 1. The van der Waals surface area contributed by atoms with Crippen molar-refractivity contribution in [3.63, 3.8) is 0 Å². The minimum Gasteiger partial charge on any atom is -0.481 e. The molecule has 2 aliphatic rings. The zero-order chi connectivity index (χ0) is 16.4. The number of carbonyl (C=O) groups excluding carboxylic acids is 2. The molecule has 2 rings (SSSR count). The molecule has 2 heterocycles. The van der Waals surface area contributed by atoms with Gasteiger partial charge < -0.3 is 14.9 Å². The maximum Gasteiger partial charge on any atom is 0.325 e. The van der Waals surface area contributed by atoms with Gasteiger partial charge >= 0.3 is 12.0 Å². The third kappa shape index (κ3) is 3.24. The van der Waals surface area contributed by atoms with Crippen LogP contribution >= 0.6 is 11.8 Å². The molecule has 22 heavy (non-hydrogen) atoms. The predicted molar refractivity (Wildman–Crippen MR) is 82.5 cm³/mol. The topological polar surface area (TPSA) is 102 Å². The average molecular weight is 326 g/mol. The minimum absolute atomic E-state index is 0.000891. The highest BCUT2D eigenvalue weighted by Crippen LogP contribution is 2.29. The summed E-state index contributed by atoms with van der Waals surface area (Å²) in [4.78, 5) is 42.1. The summed E-state index contributed by atoms with van der Waals surface area (Å²) in [6.07, 6.45) is -0.589. The molecule has 8 nitrogen and oxygen atoms in total. The van der Waals surface area contributed by atoms with Gasteiger partial charge in [-0.05, 0) is 6.92 Å². The van der Waals surface area contributed by atoms with Gasteiger partial charge in [0.05, 0.1) is 6.42 Å². The molecular weight excluding hydrogens is 308 g/mol. The van der Waals surface area contributed by atoms with Gasteiger partial charge in [-0.25, -0.2) is 9.79 Å². The number of rotatable bonds is 5. The maximum atomic E-state index is 12.1. The van der Waals surface area contributed by atoms with Crippen LogP contribution in [0.4, 0.5) is 4.79 Å². The van der Waals surface area contributed by atoms with Crippen LogP contribution in [0.15, 0.2) is 17.1 Å². The van der Waals surface area contributed by atoms with E-state index in [1.165, 1.54) is 16.7 Å². The standard InChI is InChI=1S/C13H18N4O4S/c1-7(2)6-17-9-10(16(3)12(21)15-11(9)20)14-13(17)22-5-4-8(18)19/h9-10H,1,4-6H2,2-3H3,(H,18,19)(H,15,20,21). The Kier molecular flexibility index (Phi) is 4.74. The second-order valence-electron chi connectivity index (χ2n) is 5.25. The van der Waals surface area contributed by atoms with Gasteiger partial charge in [0.25, 0.3) is 5.91 Å². The number of thioether (sulfide) groups is 1. The molecule has 2 N–H and O–H groups in total. The van der Waals surface area contributed by atoms with Crippen molar-refractivity contribution >= 4 is 34.8 Å². The van der Waals surface area contributed by atoms with Crippen LogP contribution in [0.3, 0.4) is 0 Å². The van der Waals surface area contributed by atoms with Crippen LogP contribution in [0.1, 0.15) is 13.3 Å². The van der Waals surface area contributed by atoms with E-state index in [0.29, 0.717) is 17.5 Å². The first-order chi connectivity index (χ1) is 10.3. The normalized spacial score (nSPS) is 24.0. The lowest BCUT2D eigenvalue weighted by Gasteiger charge is -2.36. The summed E-state index contributed by atoms with van der Waals surface area (Å²) in [6, 6.07) is -1.09. The van der Waals surface area contributed by atoms with E-state index in [-0.39, 0.29) is 6.42 Å². The molecule has 3 amide bonds. The molecular formula is C13H18N4O4S. The number of nitrogens with zero attached hydrogens (tertiary/aromatic N) is 3. The molecule has 0 radical (unpaired) electrons. The van der Waals surface area contributed by atoms with E-state index < -0.39 is 30.1 Å². The summed E-state index contributed by atoms with van der Waals surface area (Å²) in [7, 11) is 1.58. The van der Waals surface area contributed by atoms with Crippen LogP contribution in [-0.2, 0) is 9.59 Å². The number of hydrogen-bond donors (Lipinski definition) is 2. The summed E-state index contributed by atoms with van der Waals surface area (Å²) >= 11 is 1.27. The van der Waals surface area contributed by atoms with E-state index >= 15 is 0 Å². The zero-order valence-electron chi connectivity index (χ0n) is 12.4. The second-order valence-corrected chi connectivity index (χ2v) is 6.31. The monoisotopic (exact) mass is 326 g/mol. The van der Waals surface area contributed by atoms with Crippen molar-refractivity contribution in [1.29, 1.82) is 0 Å². The Morgan fingerprint density at radius 1 is 1.50 bits per heavy atom. The first-order valence-electron chi connectivity index (χ1n) is 6.72. The molecule has 1 saturated heterocycles. The van der Waals surface area contributed by atoms with Gasteiger partial charge in [0, 0.05) is 19.3 Å². The van der Waals surface area contributed by atoms with Crippen molar-refractivity contribution in [1.82, 2.24) is 15.1 Å². The number of aliphatic carboxylic acids is 1. The Morgan fingerprint density at radius 2 is 2.18 bits per heavy atom. The highest BCUT2D eigenvalue weighted by atomic mass is 32.2. The number of likely N-dealkylation sites (N-methyl/N-ethyl adjacent to an activating group) is 1. The van der Waals surface area contributed by atoms with Gasteiger partial charge in [0.15, 0.2) is 17.4 Å². The third-order valence-corrected chi connectivity index (χ3v) is 4.32. The average Bonchev–Trinajstić information content (AvgIpc) is 2.74. The first-order valence-corrected chi connectivity index (χ1v) is 7.71. The van der Waals surface area contributed by atoms with Crippen molar-refractivity contribution in [3.8, 4) is 0 Å². The minimum atomic E-state index is -0.889. The third-order valence-electron chi connectivity index (χ3n) is 3.31. The molecule has 2 atom stereocenters. The first kappa shape index (κ1) is 16.3. The molecule has 0 spiro atoms. The summed E-state index contributed by atoms with van der Waals surface area (Å²) < 4.78 is 0. The van der Waals surface area contributed by atoms with Gasteiger partial charge in [-0.1, -0.05) is 23.9 Å². The molecule has 0 aromatic rings. The smallest absolute Gasteiger partial charge is 0.325 e. The molecule has 1 fully saturated rings. The quantitative estimate of drug-likeness (QED) is 0.705. The van der Waals surface area contributed by atoms with E-state index in [1.54, 1.807) is 11.9 Å². The van der Waals surface area contributed by atoms with Crippen LogP contribution in [0.25, 0.3) is 0 Å². The molecule has 0 aliphatic carbocycles. The highest BCUT2D eigenvalue weighted by molar-refractivity contribution is 8.13. The lowest BCUT2D eigenvalue weighted by Crippen LogP contribution is -2.63. The number of aliphatic imine (C=N–C) groups is 1. The molecule has 0 saturated carbocycles. The van der Waals surface area contributed by atoms with Crippen molar-refractivity contribution in [2.45, 2.75) is 25.6 Å². The molecule has 120 valence electrons. The Balaban J connectivity index is 2.21. The second kappa shape index (κ2) is 6.39. The molecule has 9 heteroatoms. The number of amides is 3. The van der Waals surface area contributed by atoms with Crippen molar-refractivity contribution in [3.05, 3.63) is 12.2 Å². The Morgan fingerprint density at radius 3 is 2.77 bits per heavy atom. The number of hydrogen-bond acceptors (Lipinski definition) is 6. The molecule has 0 bridgehead atoms. The van der Waals surface area contributed by atoms with Crippen LogP contribution in [-0.4, -0.2) is 69.5 Å². The zero-order valence-corrected chi connectivity index (χ0v) is 13.2. The molecule has 0 aromatic heterocycles. The van der Waals surface area contributed by atoms with Gasteiger partial charge in [-0.3, -0.25) is 14.9 Å². The fraction of sp³-hybridized carbons (Fsp3) is 0.538. The van der Waals surface area contributed by atoms with Crippen molar-refractivity contribution < 1.29 is 19.5 Å². The van der Waals surface area contributed by atoms with Crippen molar-refractivity contribution in [2.75, 3.05) is 19.3 Å². The van der Waals surface area contributed by atoms with E-state index in [0.717, 1.165) is 5.57 Å². The van der Waals surface area contributed by atoms with Crippen LogP contribution in [0, 0.1) is 0 Å². The van der Waals surface area contributed by atoms with E-state index in [9.17, 15) is 14.4 Å². The Bertz CT molecular complexity index is 562. The summed E-state index contributed by atoms with van der Waals surface area (Å²) in [5.74, 6) is -0.938. The number of carboxylic acid groups (broad SMARTS) is 1. The number of nitrogens with one attached hydrogen (secondary N) is 1. The van der Waals surface area contributed by atoms with Crippen LogP contribution < -0.4 is 5.32 Å². The number of carbonyl (C=O) groups is 3. The SMILES string of the molecule is C=C(C)CN1C(SCCC(=O)O)=NC2C1C(=O)NC(=O)N2C. The van der Waals surface area contributed by atoms with Crippen LogP contribution in [0.5, 0.6) is 0 Å². The van der Waals surface area contributed by atoms with Gasteiger partial charge in [0.2, 0.25) is 0 Å².